The number of halogens is 1. The zero-order valence-corrected chi connectivity index (χ0v) is 15.1. The van der Waals surface area contributed by atoms with Crippen LogP contribution in [-0.2, 0) is 9.59 Å². The summed E-state index contributed by atoms with van der Waals surface area (Å²) in [5.41, 5.74) is 1.27. The van der Waals surface area contributed by atoms with Crippen molar-refractivity contribution in [1.29, 1.82) is 0 Å². The number of hydrogen-bond acceptors (Lipinski definition) is 4. The van der Waals surface area contributed by atoms with E-state index in [1.165, 1.54) is 24.3 Å². The molecule has 2 amide bonds. The second-order valence-electron chi connectivity index (χ2n) is 6.30. The first-order chi connectivity index (χ1) is 13.1. The lowest BCUT2D eigenvalue weighted by Gasteiger charge is -2.35. The standard InChI is InChI=1S/C20H22FN3O3/c1-2-11-22-20(26)18-12-24(16-5-3-4-6-17(16)27-18)13-19(25)23-15-9-7-14(21)8-10-15/h3-10,18H,2,11-13H2,1H3,(H,22,26)(H,23,25)/t18-/m0/s1. The summed E-state index contributed by atoms with van der Waals surface area (Å²) < 4.78 is 18.8. The van der Waals surface area contributed by atoms with Crippen molar-refractivity contribution in [3.05, 3.63) is 54.3 Å². The average Bonchev–Trinajstić information content (AvgIpc) is 2.67. The Balaban J connectivity index is 1.71. The van der Waals surface area contributed by atoms with Gasteiger partial charge in [0.15, 0.2) is 6.10 Å². The summed E-state index contributed by atoms with van der Waals surface area (Å²) in [6, 6.07) is 12.9. The molecule has 2 N–H and O–H groups in total. The molecular weight excluding hydrogens is 349 g/mol. The largest absolute Gasteiger partial charge is 0.477 e. The number of fused-ring (bicyclic) bond motifs is 1. The molecule has 0 unspecified atom stereocenters. The fourth-order valence-electron chi connectivity index (χ4n) is 2.86. The highest BCUT2D eigenvalue weighted by Gasteiger charge is 2.31. The van der Waals surface area contributed by atoms with Gasteiger partial charge in [-0.2, -0.15) is 0 Å². The van der Waals surface area contributed by atoms with Gasteiger partial charge in [-0.3, -0.25) is 9.59 Å². The van der Waals surface area contributed by atoms with Gasteiger partial charge < -0.3 is 20.3 Å². The number of carbonyl (C=O) groups is 2. The van der Waals surface area contributed by atoms with Crippen LogP contribution in [0.2, 0.25) is 0 Å². The summed E-state index contributed by atoms with van der Waals surface area (Å²) in [7, 11) is 0. The first-order valence-corrected chi connectivity index (χ1v) is 8.90. The number of nitrogens with one attached hydrogen (secondary N) is 2. The number of hydrogen-bond donors (Lipinski definition) is 2. The minimum atomic E-state index is -0.690. The smallest absolute Gasteiger partial charge is 0.262 e. The van der Waals surface area contributed by atoms with E-state index in [2.05, 4.69) is 10.6 Å². The Morgan fingerprint density at radius 2 is 1.93 bits per heavy atom. The predicted molar refractivity (Wildman–Crippen MR) is 101 cm³/mol. The highest BCUT2D eigenvalue weighted by Crippen LogP contribution is 2.33. The molecule has 0 saturated carbocycles. The van der Waals surface area contributed by atoms with Crippen LogP contribution in [-0.4, -0.2) is 37.6 Å². The van der Waals surface area contributed by atoms with Crippen molar-refractivity contribution in [2.45, 2.75) is 19.4 Å². The van der Waals surface area contributed by atoms with Crippen molar-refractivity contribution in [3.8, 4) is 5.75 Å². The van der Waals surface area contributed by atoms with Crippen LogP contribution >= 0.6 is 0 Å². The molecule has 7 heteroatoms. The van der Waals surface area contributed by atoms with Gasteiger partial charge in [0.05, 0.1) is 18.8 Å². The first-order valence-electron chi connectivity index (χ1n) is 8.90. The maximum absolute atomic E-state index is 13.0. The summed E-state index contributed by atoms with van der Waals surface area (Å²) in [5.74, 6) is -0.257. The molecule has 0 bridgehead atoms. The lowest BCUT2D eigenvalue weighted by atomic mass is 10.1. The molecule has 2 aromatic carbocycles. The molecule has 0 fully saturated rings. The highest BCUT2D eigenvalue weighted by atomic mass is 19.1. The molecule has 0 saturated heterocycles. The van der Waals surface area contributed by atoms with Crippen LogP contribution in [0.1, 0.15) is 13.3 Å². The minimum Gasteiger partial charge on any atom is -0.477 e. The Hall–Kier alpha value is -3.09. The van der Waals surface area contributed by atoms with E-state index in [4.69, 9.17) is 4.74 Å². The molecule has 27 heavy (non-hydrogen) atoms. The van der Waals surface area contributed by atoms with Crippen LogP contribution in [0, 0.1) is 5.82 Å². The van der Waals surface area contributed by atoms with Crippen molar-refractivity contribution in [2.24, 2.45) is 0 Å². The Morgan fingerprint density at radius 1 is 1.19 bits per heavy atom. The number of amides is 2. The lowest BCUT2D eigenvalue weighted by Crippen LogP contribution is -2.50. The van der Waals surface area contributed by atoms with Gasteiger partial charge in [0, 0.05) is 12.2 Å². The van der Waals surface area contributed by atoms with Gasteiger partial charge in [-0.15, -0.1) is 0 Å². The second kappa shape index (κ2) is 8.53. The monoisotopic (exact) mass is 371 g/mol. The van der Waals surface area contributed by atoms with Crippen LogP contribution in [0.25, 0.3) is 0 Å². The predicted octanol–water partition coefficient (Wildman–Crippen LogP) is 2.56. The van der Waals surface area contributed by atoms with Crippen LogP contribution in [0.3, 0.4) is 0 Å². The fraction of sp³-hybridized carbons (Fsp3) is 0.300. The zero-order chi connectivity index (χ0) is 19.2. The van der Waals surface area contributed by atoms with Crippen molar-refractivity contribution >= 4 is 23.2 Å². The van der Waals surface area contributed by atoms with Gasteiger partial charge in [0.25, 0.3) is 5.91 Å². The number of benzene rings is 2. The van der Waals surface area contributed by atoms with E-state index in [9.17, 15) is 14.0 Å². The van der Waals surface area contributed by atoms with E-state index in [0.29, 0.717) is 18.0 Å². The van der Waals surface area contributed by atoms with Crippen LogP contribution in [0.5, 0.6) is 5.75 Å². The molecule has 6 nitrogen and oxygen atoms in total. The summed E-state index contributed by atoms with van der Waals surface area (Å²) >= 11 is 0. The number of nitrogens with zero attached hydrogens (tertiary/aromatic N) is 1. The Kier molecular flexibility index (Phi) is 5.90. The topological polar surface area (TPSA) is 70.7 Å². The Morgan fingerprint density at radius 3 is 2.67 bits per heavy atom. The molecule has 0 spiro atoms. The number of rotatable bonds is 6. The molecule has 0 aliphatic carbocycles. The van der Waals surface area contributed by atoms with Crippen LogP contribution in [0.4, 0.5) is 15.8 Å². The SMILES string of the molecule is CCCNC(=O)[C@@H]1CN(CC(=O)Nc2ccc(F)cc2)c2ccccc2O1. The summed E-state index contributed by atoms with van der Waals surface area (Å²) in [6.45, 7) is 2.87. The number of anilines is 2. The van der Waals surface area contributed by atoms with Gasteiger partial charge in [0.2, 0.25) is 5.91 Å². The normalized spacial score (nSPS) is 15.5. The van der Waals surface area contributed by atoms with E-state index >= 15 is 0 Å². The zero-order valence-electron chi connectivity index (χ0n) is 15.1. The summed E-state index contributed by atoms with van der Waals surface area (Å²) in [4.78, 5) is 26.6. The third-order valence-corrected chi connectivity index (χ3v) is 4.17. The number of para-hydroxylation sites is 2. The van der Waals surface area contributed by atoms with Crippen LogP contribution < -0.4 is 20.3 Å². The van der Waals surface area contributed by atoms with Crippen molar-refractivity contribution in [1.82, 2.24) is 5.32 Å². The maximum Gasteiger partial charge on any atom is 0.262 e. The molecule has 0 aromatic heterocycles. The second-order valence-corrected chi connectivity index (χ2v) is 6.30. The van der Waals surface area contributed by atoms with Gasteiger partial charge in [-0.25, -0.2) is 4.39 Å². The van der Waals surface area contributed by atoms with Gasteiger partial charge in [-0.05, 0) is 42.8 Å². The van der Waals surface area contributed by atoms with Crippen molar-refractivity contribution in [2.75, 3.05) is 29.9 Å². The van der Waals surface area contributed by atoms with E-state index < -0.39 is 6.10 Å². The quantitative estimate of drug-likeness (QED) is 0.819. The van der Waals surface area contributed by atoms with E-state index in [0.717, 1.165) is 12.1 Å². The van der Waals surface area contributed by atoms with E-state index in [1.54, 1.807) is 6.07 Å². The molecular formula is C20H22FN3O3. The maximum atomic E-state index is 13.0. The third-order valence-electron chi connectivity index (χ3n) is 4.17. The fourth-order valence-corrected chi connectivity index (χ4v) is 2.86. The molecule has 1 aliphatic heterocycles. The van der Waals surface area contributed by atoms with E-state index in [-0.39, 0.29) is 30.7 Å². The molecule has 2 aromatic rings. The molecule has 3 rings (SSSR count). The highest BCUT2D eigenvalue weighted by molar-refractivity contribution is 5.94. The number of ether oxygens (including phenoxy) is 1. The first kappa shape index (κ1) is 18.7. The van der Waals surface area contributed by atoms with E-state index in [1.807, 2.05) is 30.0 Å². The van der Waals surface area contributed by atoms with Crippen LogP contribution in [0.15, 0.2) is 48.5 Å². The van der Waals surface area contributed by atoms with Crippen molar-refractivity contribution < 1.29 is 18.7 Å². The molecule has 142 valence electrons. The number of carbonyl (C=O) groups excluding carboxylic acids is 2. The third kappa shape index (κ3) is 4.75. The molecule has 0 radical (unpaired) electrons. The molecule has 1 heterocycles. The summed E-state index contributed by atoms with van der Waals surface area (Å²) in [5, 5.41) is 5.56. The Labute approximate surface area is 157 Å². The summed E-state index contributed by atoms with van der Waals surface area (Å²) in [6.07, 6.45) is 0.142. The average molecular weight is 371 g/mol. The van der Waals surface area contributed by atoms with Gasteiger partial charge in [-0.1, -0.05) is 19.1 Å². The van der Waals surface area contributed by atoms with Gasteiger partial charge >= 0.3 is 0 Å². The Bertz CT molecular complexity index is 810. The minimum absolute atomic E-state index is 0.0509. The molecule has 1 atom stereocenters. The van der Waals surface area contributed by atoms with Crippen molar-refractivity contribution in [3.63, 3.8) is 0 Å². The lowest BCUT2D eigenvalue weighted by molar-refractivity contribution is -0.128. The van der Waals surface area contributed by atoms with Gasteiger partial charge in [0.1, 0.15) is 11.6 Å². The molecule has 1 aliphatic rings.